The predicted molar refractivity (Wildman–Crippen MR) is 181 cm³/mol. The lowest BCUT2D eigenvalue weighted by molar-refractivity contribution is -0.135. The summed E-state index contributed by atoms with van der Waals surface area (Å²) in [5, 5.41) is 0.646. The Hall–Kier alpha value is -4.57. The number of fused-ring (bicyclic) bond motifs is 1. The zero-order valence-electron chi connectivity index (χ0n) is 25.9. The lowest BCUT2D eigenvalue weighted by Gasteiger charge is -2.34. The molecule has 0 N–H and O–H groups in total. The van der Waals surface area contributed by atoms with E-state index in [0.29, 0.717) is 29.4 Å². The molecular weight excluding hydrogens is 643 g/mol. The minimum atomic E-state index is -0.292. The third-order valence-electron chi connectivity index (χ3n) is 7.77. The van der Waals surface area contributed by atoms with Crippen molar-refractivity contribution in [3.63, 3.8) is 0 Å². The second-order valence-corrected chi connectivity index (χ2v) is 11.2. The van der Waals surface area contributed by atoms with Gasteiger partial charge in [0, 0.05) is 55.3 Å². The highest BCUT2D eigenvalue weighted by Gasteiger charge is 2.26. The van der Waals surface area contributed by atoms with E-state index in [1.54, 1.807) is 30.3 Å². The van der Waals surface area contributed by atoms with E-state index in [0.717, 1.165) is 36.7 Å². The van der Waals surface area contributed by atoms with Gasteiger partial charge in [0.1, 0.15) is 5.75 Å². The number of ketones is 2. The zero-order valence-corrected chi connectivity index (χ0v) is 27.5. The Balaban J connectivity index is 0.000000221. The van der Waals surface area contributed by atoms with E-state index in [4.69, 9.17) is 30.5 Å². The first-order valence-electron chi connectivity index (χ1n) is 14.8. The molecule has 0 radical (unpaired) electrons. The van der Waals surface area contributed by atoms with E-state index in [1.807, 2.05) is 47.4 Å². The van der Waals surface area contributed by atoms with Crippen molar-refractivity contribution in [3.8, 4) is 17.2 Å². The Kier molecular flexibility index (Phi) is 12.6. The average molecular weight is 680 g/mol. The number of carbonyl (C=O) groups excluding carboxylic acids is 3. The van der Waals surface area contributed by atoms with Crippen molar-refractivity contribution in [1.29, 1.82) is 0 Å². The normalized spacial score (nSPS) is 16.1. The van der Waals surface area contributed by atoms with E-state index >= 15 is 0 Å². The molecule has 1 atom stereocenters. The first kappa shape index (κ1) is 35.3. The van der Waals surface area contributed by atoms with Gasteiger partial charge in [-0.3, -0.25) is 19.3 Å². The van der Waals surface area contributed by atoms with Gasteiger partial charge in [0.05, 0.1) is 7.11 Å². The lowest BCUT2D eigenvalue weighted by Crippen LogP contribution is -2.49. The molecule has 6 rings (SSSR count). The molecule has 2 aliphatic heterocycles. The van der Waals surface area contributed by atoms with Gasteiger partial charge in [-0.2, -0.15) is 0 Å². The van der Waals surface area contributed by atoms with Crippen LogP contribution < -0.4 is 14.2 Å². The number of methoxy groups -OCH3 is 1. The van der Waals surface area contributed by atoms with E-state index in [1.165, 1.54) is 24.8 Å². The SMILES string of the molecule is C=CC(C1=CC(=O)C(OC)=CC1=O)c1ccccc1.Cl.O=C(COc1ccc(Cl)cc1)N1CCN(Cc2ccc3c(c2)OCO3)CC1. The van der Waals surface area contributed by atoms with Crippen molar-refractivity contribution in [2.75, 3.05) is 46.7 Å². The molecule has 9 nitrogen and oxygen atoms in total. The molecule has 0 bridgehead atoms. The molecule has 3 aromatic rings. The molecule has 1 amide bonds. The summed E-state index contributed by atoms with van der Waals surface area (Å²) < 4.78 is 21.2. The first-order chi connectivity index (χ1) is 22.3. The van der Waals surface area contributed by atoms with Crippen molar-refractivity contribution in [3.05, 3.63) is 125 Å². The number of halogens is 2. The maximum Gasteiger partial charge on any atom is 0.260 e. The summed E-state index contributed by atoms with van der Waals surface area (Å²) in [6.07, 6.45) is 4.23. The summed E-state index contributed by atoms with van der Waals surface area (Å²) in [6.45, 7) is 8.00. The van der Waals surface area contributed by atoms with Crippen LogP contribution in [0.1, 0.15) is 17.0 Å². The summed E-state index contributed by atoms with van der Waals surface area (Å²) in [5.41, 5.74) is 2.54. The van der Waals surface area contributed by atoms with Gasteiger partial charge in [0.15, 0.2) is 29.6 Å². The number of ether oxygens (including phenoxy) is 4. The number of allylic oxidation sites excluding steroid dienone is 4. The van der Waals surface area contributed by atoms with Gasteiger partial charge >= 0.3 is 0 Å². The summed E-state index contributed by atoms with van der Waals surface area (Å²) in [5.74, 6) is 1.54. The molecule has 2 heterocycles. The van der Waals surface area contributed by atoms with Crippen LogP contribution >= 0.6 is 24.0 Å². The van der Waals surface area contributed by atoms with E-state index < -0.39 is 0 Å². The molecule has 47 heavy (non-hydrogen) atoms. The number of hydrogen-bond donors (Lipinski definition) is 0. The maximum absolute atomic E-state index is 12.4. The second kappa shape index (κ2) is 16.8. The summed E-state index contributed by atoms with van der Waals surface area (Å²) in [6, 6.07) is 22.5. The van der Waals surface area contributed by atoms with Gasteiger partial charge in [0.25, 0.3) is 5.91 Å². The van der Waals surface area contributed by atoms with Crippen LogP contribution in [0.3, 0.4) is 0 Å². The highest BCUT2D eigenvalue weighted by atomic mass is 35.5. The molecule has 1 unspecified atom stereocenters. The number of hydrogen-bond acceptors (Lipinski definition) is 8. The molecule has 0 spiro atoms. The third-order valence-corrected chi connectivity index (χ3v) is 8.02. The van der Waals surface area contributed by atoms with Crippen LogP contribution in [0.4, 0.5) is 0 Å². The standard InChI is InChI=1S/C20H21ClN2O4.C16H14O3.ClH/c21-16-2-4-17(5-3-16)25-13-20(24)23-9-7-22(8-10-23)12-15-1-6-18-19(11-15)27-14-26-18;1-3-12(11-7-5-4-6-8-11)13-9-15(18)16(19-2)10-14(13)17;/h1-6,11H,7-10,12-14H2;3-10,12H,1H2,2H3;1H. The average Bonchev–Trinajstić information content (AvgIpc) is 3.55. The monoisotopic (exact) mass is 678 g/mol. The molecule has 0 saturated carbocycles. The fourth-order valence-electron chi connectivity index (χ4n) is 5.28. The van der Waals surface area contributed by atoms with Gasteiger partial charge in [-0.15, -0.1) is 19.0 Å². The van der Waals surface area contributed by atoms with E-state index in [2.05, 4.69) is 17.5 Å². The smallest absolute Gasteiger partial charge is 0.260 e. The molecule has 3 aliphatic rings. The molecule has 0 aromatic heterocycles. The Morgan fingerprint density at radius 1 is 0.936 bits per heavy atom. The fourth-order valence-corrected chi connectivity index (χ4v) is 5.41. The lowest BCUT2D eigenvalue weighted by atomic mass is 9.85. The first-order valence-corrected chi connectivity index (χ1v) is 15.2. The Labute approximate surface area is 285 Å². The van der Waals surface area contributed by atoms with Gasteiger partial charge < -0.3 is 23.8 Å². The van der Waals surface area contributed by atoms with Gasteiger partial charge in [-0.05, 0) is 53.6 Å². The van der Waals surface area contributed by atoms with E-state index in [9.17, 15) is 14.4 Å². The predicted octanol–water partition coefficient (Wildman–Crippen LogP) is 5.78. The summed E-state index contributed by atoms with van der Waals surface area (Å²) in [4.78, 5) is 40.4. The zero-order chi connectivity index (χ0) is 32.5. The molecule has 3 aromatic carbocycles. The van der Waals surface area contributed by atoms with Crippen molar-refractivity contribution in [1.82, 2.24) is 9.80 Å². The summed E-state index contributed by atoms with van der Waals surface area (Å²) in [7, 11) is 1.37. The van der Waals surface area contributed by atoms with E-state index in [-0.39, 0.29) is 55.0 Å². The molecular formula is C36H36Cl2N2O7. The van der Waals surface area contributed by atoms with Crippen LogP contribution in [-0.2, 0) is 25.7 Å². The number of amides is 1. The number of rotatable bonds is 9. The van der Waals surface area contributed by atoms with Crippen LogP contribution in [0.25, 0.3) is 0 Å². The van der Waals surface area contributed by atoms with Crippen LogP contribution in [0.2, 0.25) is 5.02 Å². The topological polar surface area (TPSA) is 94.6 Å². The Bertz CT molecular complexity index is 1630. The minimum absolute atomic E-state index is 0. The van der Waals surface area contributed by atoms with Crippen molar-refractivity contribution >= 4 is 41.5 Å². The quantitative estimate of drug-likeness (QED) is 0.208. The third kappa shape index (κ3) is 9.25. The van der Waals surface area contributed by atoms with Crippen LogP contribution in [0, 0.1) is 0 Å². The van der Waals surface area contributed by atoms with Gasteiger partial charge in [-0.1, -0.05) is 54.1 Å². The number of carbonyl (C=O) groups is 3. The molecule has 1 saturated heterocycles. The maximum atomic E-state index is 12.4. The highest BCUT2D eigenvalue weighted by Crippen LogP contribution is 2.33. The van der Waals surface area contributed by atoms with Crippen molar-refractivity contribution in [2.45, 2.75) is 12.5 Å². The van der Waals surface area contributed by atoms with Crippen molar-refractivity contribution in [2.24, 2.45) is 0 Å². The van der Waals surface area contributed by atoms with Crippen LogP contribution in [0.5, 0.6) is 17.2 Å². The fraction of sp³-hybridized carbons (Fsp3) is 0.250. The summed E-state index contributed by atoms with van der Waals surface area (Å²) >= 11 is 5.85. The number of piperazine rings is 1. The highest BCUT2D eigenvalue weighted by molar-refractivity contribution is 6.30. The van der Waals surface area contributed by atoms with Gasteiger partial charge in [-0.25, -0.2) is 0 Å². The molecule has 11 heteroatoms. The van der Waals surface area contributed by atoms with Crippen molar-refractivity contribution < 1.29 is 33.3 Å². The Morgan fingerprint density at radius 2 is 1.64 bits per heavy atom. The molecule has 1 aliphatic carbocycles. The second-order valence-electron chi connectivity index (χ2n) is 10.8. The number of nitrogens with zero attached hydrogens (tertiary/aromatic N) is 2. The minimum Gasteiger partial charge on any atom is -0.493 e. The molecule has 246 valence electrons. The molecule has 1 fully saturated rings. The Morgan fingerprint density at radius 3 is 2.32 bits per heavy atom. The number of benzene rings is 3. The largest absolute Gasteiger partial charge is 0.493 e. The van der Waals surface area contributed by atoms with Crippen LogP contribution in [-0.4, -0.2) is 74.0 Å². The van der Waals surface area contributed by atoms with Crippen LogP contribution in [0.15, 0.2) is 109 Å². The van der Waals surface area contributed by atoms with Gasteiger partial charge in [0.2, 0.25) is 12.6 Å².